The third-order valence-corrected chi connectivity index (χ3v) is 6.42. The van der Waals surface area contributed by atoms with E-state index < -0.39 is 40.5 Å². The Kier molecular flexibility index (Phi) is 7.75. The SMILES string of the molecule is CCCc1ccc(C2CCC(c3ccc(-c4ccc(OCC)c(F)c4F)c(F)c3F)OC2)c(F)c1. The maximum atomic E-state index is 15.0. The molecular weight excluding hydrogens is 463 g/mol. The first-order valence-corrected chi connectivity index (χ1v) is 11.8. The summed E-state index contributed by atoms with van der Waals surface area (Å²) in [5.41, 5.74) is 0.688. The van der Waals surface area contributed by atoms with E-state index in [4.69, 9.17) is 9.47 Å². The van der Waals surface area contributed by atoms with Crippen molar-refractivity contribution in [1.29, 1.82) is 0 Å². The van der Waals surface area contributed by atoms with Gasteiger partial charge in [0.25, 0.3) is 0 Å². The molecule has 7 heteroatoms. The van der Waals surface area contributed by atoms with Crippen molar-refractivity contribution >= 4 is 0 Å². The highest BCUT2D eigenvalue weighted by Crippen LogP contribution is 2.40. The number of benzene rings is 3. The lowest BCUT2D eigenvalue weighted by atomic mass is 9.88. The lowest BCUT2D eigenvalue weighted by Gasteiger charge is -2.30. The quantitative estimate of drug-likeness (QED) is 0.312. The van der Waals surface area contributed by atoms with E-state index in [1.165, 1.54) is 18.2 Å². The molecule has 2 unspecified atom stereocenters. The van der Waals surface area contributed by atoms with Crippen LogP contribution in [0.15, 0.2) is 42.5 Å². The van der Waals surface area contributed by atoms with Crippen molar-refractivity contribution in [2.24, 2.45) is 0 Å². The Morgan fingerprint density at radius 1 is 0.800 bits per heavy atom. The van der Waals surface area contributed by atoms with Gasteiger partial charge < -0.3 is 9.47 Å². The minimum Gasteiger partial charge on any atom is -0.491 e. The maximum absolute atomic E-state index is 15.0. The van der Waals surface area contributed by atoms with Crippen LogP contribution in [0.25, 0.3) is 11.1 Å². The van der Waals surface area contributed by atoms with Gasteiger partial charge in [-0.2, -0.15) is 4.39 Å². The summed E-state index contributed by atoms with van der Waals surface area (Å²) in [6, 6.07) is 10.1. The normalized spacial score (nSPS) is 18.0. The van der Waals surface area contributed by atoms with Crippen molar-refractivity contribution in [1.82, 2.24) is 0 Å². The second-order valence-electron chi connectivity index (χ2n) is 8.70. The van der Waals surface area contributed by atoms with Crippen LogP contribution in [0.3, 0.4) is 0 Å². The van der Waals surface area contributed by atoms with Crippen LogP contribution in [-0.4, -0.2) is 13.2 Å². The second kappa shape index (κ2) is 10.8. The maximum Gasteiger partial charge on any atom is 0.201 e. The van der Waals surface area contributed by atoms with Crippen LogP contribution in [0.5, 0.6) is 5.75 Å². The van der Waals surface area contributed by atoms with Crippen LogP contribution in [0.4, 0.5) is 22.0 Å². The topological polar surface area (TPSA) is 18.5 Å². The molecule has 1 saturated heterocycles. The van der Waals surface area contributed by atoms with E-state index in [0.717, 1.165) is 24.5 Å². The molecule has 0 radical (unpaired) electrons. The molecule has 186 valence electrons. The van der Waals surface area contributed by atoms with Crippen LogP contribution >= 0.6 is 0 Å². The first-order valence-electron chi connectivity index (χ1n) is 11.8. The summed E-state index contributed by atoms with van der Waals surface area (Å²) in [6.45, 7) is 3.94. The highest BCUT2D eigenvalue weighted by Gasteiger charge is 2.30. The van der Waals surface area contributed by atoms with Gasteiger partial charge in [-0.3, -0.25) is 0 Å². The van der Waals surface area contributed by atoms with Gasteiger partial charge in [-0.1, -0.05) is 37.6 Å². The van der Waals surface area contributed by atoms with Gasteiger partial charge in [-0.15, -0.1) is 0 Å². The fourth-order valence-electron chi connectivity index (χ4n) is 4.62. The Balaban J connectivity index is 1.52. The fourth-order valence-corrected chi connectivity index (χ4v) is 4.62. The number of ether oxygens (including phenoxy) is 2. The molecule has 35 heavy (non-hydrogen) atoms. The predicted molar refractivity (Wildman–Crippen MR) is 124 cm³/mol. The average Bonchev–Trinajstić information content (AvgIpc) is 2.85. The number of hydrogen-bond donors (Lipinski definition) is 0. The van der Waals surface area contributed by atoms with Crippen molar-refractivity contribution in [2.45, 2.75) is 51.6 Å². The summed E-state index contributed by atoms with van der Waals surface area (Å²) < 4.78 is 84.2. The Hall–Kier alpha value is -2.93. The third-order valence-electron chi connectivity index (χ3n) is 6.42. The van der Waals surface area contributed by atoms with Crippen LogP contribution in [0.2, 0.25) is 0 Å². The van der Waals surface area contributed by atoms with Gasteiger partial charge in [-0.05, 0) is 55.5 Å². The highest BCUT2D eigenvalue weighted by molar-refractivity contribution is 5.66. The molecule has 0 bridgehead atoms. The van der Waals surface area contributed by atoms with Gasteiger partial charge in [0.05, 0.1) is 19.3 Å². The minimum absolute atomic E-state index is 0.00437. The molecule has 1 aliphatic rings. The van der Waals surface area contributed by atoms with Crippen LogP contribution in [-0.2, 0) is 11.2 Å². The monoisotopic (exact) mass is 490 g/mol. The Morgan fingerprint density at radius 2 is 1.49 bits per heavy atom. The van der Waals surface area contributed by atoms with Gasteiger partial charge in [0.15, 0.2) is 23.2 Å². The summed E-state index contributed by atoms with van der Waals surface area (Å²) in [5, 5.41) is 0. The van der Waals surface area contributed by atoms with Gasteiger partial charge in [-0.25, -0.2) is 17.6 Å². The summed E-state index contributed by atoms with van der Waals surface area (Å²) in [4.78, 5) is 0. The molecule has 0 amide bonds. The van der Waals surface area contributed by atoms with E-state index in [9.17, 15) is 17.6 Å². The van der Waals surface area contributed by atoms with E-state index in [0.29, 0.717) is 18.4 Å². The molecule has 4 rings (SSSR count). The lowest BCUT2D eigenvalue weighted by molar-refractivity contribution is -0.000535. The van der Waals surface area contributed by atoms with Crippen molar-refractivity contribution in [2.75, 3.05) is 13.2 Å². The van der Waals surface area contributed by atoms with Crippen LogP contribution in [0.1, 0.15) is 61.8 Å². The first-order chi connectivity index (χ1) is 16.8. The zero-order valence-electron chi connectivity index (χ0n) is 19.6. The van der Waals surface area contributed by atoms with Crippen molar-refractivity contribution in [3.63, 3.8) is 0 Å². The molecule has 1 aliphatic heterocycles. The summed E-state index contributed by atoms with van der Waals surface area (Å²) in [6.07, 6.45) is 1.90. The molecule has 0 aromatic heterocycles. The minimum atomic E-state index is -1.31. The van der Waals surface area contributed by atoms with Gasteiger partial charge >= 0.3 is 0 Å². The molecular formula is C28H27F5O2. The predicted octanol–water partition coefficient (Wildman–Crippen LogP) is 8.04. The van der Waals surface area contributed by atoms with Crippen molar-refractivity contribution in [3.8, 4) is 16.9 Å². The summed E-state index contributed by atoms with van der Waals surface area (Å²) in [7, 11) is 0. The zero-order valence-corrected chi connectivity index (χ0v) is 19.6. The molecule has 1 heterocycles. The van der Waals surface area contributed by atoms with Gasteiger partial charge in [0.1, 0.15) is 5.82 Å². The van der Waals surface area contributed by atoms with E-state index >= 15 is 4.39 Å². The van der Waals surface area contributed by atoms with Gasteiger partial charge in [0, 0.05) is 22.6 Å². The van der Waals surface area contributed by atoms with Crippen molar-refractivity contribution in [3.05, 3.63) is 88.2 Å². The van der Waals surface area contributed by atoms with Crippen LogP contribution in [0, 0.1) is 29.1 Å². The highest BCUT2D eigenvalue weighted by atomic mass is 19.2. The Morgan fingerprint density at radius 3 is 2.11 bits per heavy atom. The average molecular weight is 491 g/mol. The molecule has 3 aromatic rings. The largest absolute Gasteiger partial charge is 0.491 e. The van der Waals surface area contributed by atoms with E-state index in [1.807, 2.05) is 13.0 Å². The van der Waals surface area contributed by atoms with E-state index in [1.54, 1.807) is 19.1 Å². The molecule has 0 spiro atoms. The Bertz CT molecular complexity index is 1200. The molecule has 1 fully saturated rings. The second-order valence-corrected chi connectivity index (χ2v) is 8.70. The molecule has 0 N–H and O–H groups in total. The molecule has 2 nitrogen and oxygen atoms in total. The lowest BCUT2D eigenvalue weighted by Crippen LogP contribution is -2.21. The van der Waals surface area contributed by atoms with E-state index in [-0.39, 0.29) is 36.3 Å². The van der Waals surface area contributed by atoms with Gasteiger partial charge in [0.2, 0.25) is 5.82 Å². The fraction of sp³-hybridized carbons (Fsp3) is 0.357. The molecule has 2 atom stereocenters. The number of rotatable bonds is 7. The third kappa shape index (κ3) is 5.06. The standard InChI is InChI=1S/C28H27F5O2/c1-3-5-16-6-8-18(22(29)14-16)17-7-12-23(35-15-17)21-10-9-19(25(30)27(21)32)20-11-13-24(34-4-2)28(33)26(20)31/h6,8-11,13-14,17,23H,3-5,7,12,15H2,1-2H3. The first kappa shape index (κ1) is 25.2. The number of hydrogen-bond acceptors (Lipinski definition) is 2. The summed E-state index contributed by atoms with van der Waals surface area (Å²) >= 11 is 0. The van der Waals surface area contributed by atoms with Crippen molar-refractivity contribution < 1.29 is 31.4 Å². The number of aryl methyl sites for hydroxylation is 1. The Labute approximate surface area is 201 Å². The molecule has 0 saturated carbocycles. The van der Waals surface area contributed by atoms with Crippen LogP contribution < -0.4 is 4.74 Å². The summed E-state index contributed by atoms with van der Waals surface area (Å²) in [5.74, 6) is -5.80. The van der Waals surface area contributed by atoms with E-state index in [2.05, 4.69) is 0 Å². The number of halogens is 5. The molecule has 0 aliphatic carbocycles. The molecule has 3 aromatic carbocycles. The smallest absolute Gasteiger partial charge is 0.201 e. The zero-order chi connectivity index (χ0) is 25.1.